The standard InChI is InChI=1S/C12H14N2O4S/c1-8(2)11(12(15)16)19(17,18)7-9-4-3-5-14-10(9)6-13/h3-5,8,11H,7H2,1-2H3,(H,15,16). The number of hydrogen-bond acceptors (Lipinski definition) is 5. The number of rotatable bonds is 5. The fourth-order valence-corrected chi connectivity index (χ4v) is 3.80. The zero-order chi connectivity index (χ0) is 14.6. The highest BCUT2D eigenvalue weighted by atomic mass is 32.2. The number of pyridine rings is 1. The van der Waals surface area contributed by atoms with Gasteiger partial charge in [-0.2, -0.15) is 5.26 Å². The molecule has 1 aromatic heterocycles. The number of nitriles is 1. The molecule has 102 valence electrons. The minimum absolute atomic E-state index is 0.000954. The smallest absolute Gasteiger partial charge is 0.322 e. The van der Waals surface area contributed by atoms with E-state index in [-0.39, 0.29) is 11.3 Å². The number of hydrogen-bond donors (Lipinski definition) is 1. The summed E-state index contributed by atoms with van der Waals surface area (Å²) in [6, 6.07) is 4.76. The number of aliphatic carboxylic acids is 1. The molecule has 6 nitrogen and oxygen atoms in total. The summed E-state index contributed by atoms with van der Waals surface area (Å²) in [7, 11) is -3.90. The molecule has 0 spiro atoms. The molecular formula is C12H14N2O4S. The first-order chi connectivity index (χ1) is 8.79. The Morgan fingerprint density at radius 1 is 1.53 bits per heavy atom. The second-order valence-corrected chi connectivity index (χ2v) is 6.56. The monoisotopic (exact) mass is 282 g/mol. The fraction of sp³-hybridized carbons (Fsp3) is 0.417. The van der Waals surface area contributed by atoms with E-state index in [0.717, 1.165) is 0 Å². The van der Waals surface area contributed by atoms with Gasteiger partial charge in [0, 0.05) is 11.8 Å². The molecule has 1 aromatic rings. The Bertz CT molecular complexity index is 617. The van der Waals surface area contributed by atoms with Gasteiger partial charge in [0.05, 0.1) is 5.75 Å². The van der Waals surface area contributed by atoms with Gasteiger partial charge in [-0.1, -0.05) is 19.9 Å². The number of sulfone groups is 1. The van der Waals surface area contributed by atoms with Crippen LogP contribution in [0.3, 0.4) is 0 Å². The highest BCUT2D eigenvalue weighted by Crippen LogP contribution is 2.19. The molecule has 0 bridgehead atoms. The predicted molar refractivity (Wildman–Crippen MR) is 67.8 cm³/mol. The zero-order valence-electron chi connectivity index (χ0n) is 10.6. The largest absolute Gasteiger partial charge is 0.480 e. The van der Waals surface area contributed by atoms with Crippen LogP contribution in [0.4, 0.5) is 0 Å². The van der Waals surface area contributed by atoms with Gasteiger partial charge in [-0.05, 0) is 12.0 Å². The van der Waals surface area contributed by atoms with Gasteiger partial charge in [-0.25, -0.2) is 13.4 Å². The number of carboxylic acid groups (broad SMARTS) is 1. The molecule has 7 heteroatoms. The Labute approximate surface area is 111 Å². The lowest BCUT2D eigenvalue weighted by atomic mass is 10.1. The Hall–Kier alpha value is -1.94. The van der Waals surface area contributed by atoms with Crippen molar-refractivity contribution in [3.05, 3.63) is 29.6 Å². The maximum absolute atomic E-state index is 12.1. The van der Waals surface area contributed by atoms with Gasteiger partial charge < -0.3 is 5.11 Å². The summed E-state index contributed by atoms with van der Waals surface area (Å²) < 4.78 is 24.3. The van der Waals surface area contributed by atoms with Crippen LogP contribution >= 0.6 is 0 Å². The number of nitrogens with zero attached hydrogens (tertiary/aromatic N) is 2. The van der Waals surface area contributed by atoms with Crippen LogP contribution in [0.5, 0.6) is 0 Å². The van der Waals surface area contributed by atoms with E-state index in [9.17, 15) is 13.2 Å². The zero-order valence-corrected chi connectivity index (χ0v) is 11.4. The van der Waals surface area contributed by atoms with Gasteiger partial charge in [0.2, 0.25) is 0 Å². The Balaban J connectivity index is 3.16. The van der Waals surface area contributed by atoms with E-state index in [1.807, 2.05) is 0 Å². The lowest BCUT2D eigenvalue weighted by Crippen LogP contribution is -2.36. The molecule has 0 fully saturated rings. The normalized spacial score (nSPS) is 12.9. The Morgan fingerprint density at radius 3 is 2.63 bits per heavy atom. The molecule has 1 rings (SSSR count). The van der Waals surface area contributed by atoms with Crippen LogP contribution in [0, 0.1) is 17.2 Å². The molecule has 0 amide bonds. The van der Waals surface area contributed by atoms with Crippen molar-refractivity contribution in [3.8, 4) is 6.07 Å². The van der Waals surface area contributed by atoms with Crippen molar-refractivity contribution in [1.82, 2.24) is 4.98 Å². The molecule has 0 saturated carbocycles. The van der Waals surface area contributed by atoms with Crippen LogP contribution in [0.15, 0.2) is 18.3 Å². The quantitative estimate of drug-likeness (QED) is 0.862. The number of aromatic nitrogens is 1. The van der Waals surface area contributed by atoms with Gasteiger partial charge in [0.15, 0.2) is 15.1 Å². The third-order valence-electron chi connectivity index (χ3n) is 2.59. The summed E-state index contributed by atoms with van der Waals surface area (Å²) in [5.41, 5.74) is 0.218. The van der Waals surface area contributed by atoms with E-state index < -0.39 is 32.7 Å². The second-order valence-electron chi connectivity index (χ2n) is 4.43. The molecule has 19 heavy (non-hydrogen) atoms. The van der Waals surface area contributed by atoms with Crippen molar-refractivity contribution < 1.29 is 18.3 Å². The number of carbonyl (C=O) groups is 1. The van der Waals surface area contributed by atoms with Crippen LogP contribution < -0.4 is 0 Å². The van der Waals surface area contributed by atoms with Gasteiger partial charge >= 0.3 is 5.97 Å². The van der Waals surface area contributed by atoms with Gasteiger partial charge in [0.25, 0.3) is 0 Å². The summed E-state index contributed by atoms with van der Waals surface area (Å²) in [6.45, 7) is 3.07. The molecule has 1 N–H and O–H groups in total. The summed E-state index contributed by atoms with van der Waals surface area (Å²) >= 11 is 0. The molecule has 0 aliphatic carbocycles. The van der Waals surface area contributed by atoms with Crippen molar-refractivity contribution in [1.29, 1.82) is 5.26 Å². The van der Waals surface area contributed by atoms with Crippen molar-refractivity contribution >= 4 is 15.8 Å². The van der Waals surface area contributed by atoms with Crippen molar-refractivity contribution in [2.75, 3.05) is 0 Å². The maximum Gasteiger partial charge on any atom is 0.322 e. The molecule has 0 aromatic carbocycles. The summed E-state index contributed by atoms with van der Waals surface area (Å²) in [5, 5.41) is 16.4. The second kappa shape index (κ2) is 5.80. The molecule has 1 heterocycles. The Kier molecular flexibility index (Phi) is 4.62. The first-order valence-corrected chi connectivity index (χ1v) is 7.29. The van der Waals surface area contributed by atoms with Gasteiger partial charge in [-0.3, -0.25) is 4.79 Å². The van der Waals surface area contributed by atoms with Crippen LogP contribution in [0.2, 0.25) is 0 Å². The highest BCUT2D eigenvalue weighted by Gasteiger charge is 2.35. The fourth-order valence-electron chi connectivity index (χ4n) is 1.82. The van der Waals surface area contributed by atoms with Crippen LogP contribution in [0.1, 0.15) is 25.1 Å². The van der Waals surface area contributed by atoms with Gasteiger partial charge in [-0.15, -0.1) is 0 Å². The average Bonchev–Trinajstić information content (AvgIpc) is 2.27. The Morgan fingerprint density at radius 2 is 2.16 bits per heavy atom. The minimum Gasteiger partial charge on any atom is -0.480 e. The summed E-state index contributed by atoms with van der Waals surface area (Å²) in [6.07, 6.45) is 1.38. The third-order valence-corrected chi connectivity index (χ3v) is 4.82. The van der Waals surface area contributed by atoms with E-state index >= 15 is 0 Å². The average molecular weight is 282 g/mol. The van der Waals surface area contributed by atoms with E-state index in [1.54, 1.807) is 6.07 Å². The molecule has 1 atom stereocenters. The predicted octanol–water partition coefficient (Wildman–Crippen LogP) is 0.977. The lowest BCUT2D eigenvalue weighted by molar-refractivity contribution is -0.137. The molecule has 0 radical (unpaired) electrons. The molecule has 0 aliphatic heterocycles. The van der Waals surface area contributed by atoms with E-state index in [1.165, 1.54) is 32.2 Å². The van der Waals surface area contributed by atoms with Gasteiger partial charge in [0.1, 0.15) is 11.8 Å². The van der Waals surface area contributed by atoms with Crippen LogP contribution in [0.25, 0.3) is 0 Å². The van der Waals surface area contributed by atoms with Crippen LogP contribution in [-0.4, -0.2) is 29.7 Å². The minimum atomic E-state index is -3.90. The van der Waals surface area contributed by atoms with Crippen molar-refractivity contribution in [3.63, 3.8) is 0 Å². The lowest BCUT2D eigenvalue weighted by Gasteiger charge is -2.17. The third kappa shape index (κ3) is 3.51. The van der Waals surface area contributed by atoms with E-state index in [4.69, 9.17) is 10.4 Å². The van der Waals surface area contributed by atoms with Crippen molar-refractivity contribution in [2.24, 2.45) is 5.92 Å². The summed E-state index contributed by atoms with van der Waals surface area (Å²) in [4.78, 5) is 14.8. The highest BCUT2D eigenvalue weighted by molar-refractivity contribution is 7.92. The van der Waals surface area contributed by atoms with Crippen LogP contribution in [-0.2, 0) is 20.4 Å². The number of carboxylic acids is 1. The van der Waals surface area contributed by atoms with Crippen molar-refractivity contribution in [2.45, 2.75) is 24.9 Å². The molecule has 0 aliphatic rings. The summed E-state index contributed by atoms with van der Waals surface area (Å²) in [5.74, 6) is -2.43. The SMILES string of the molecule is CC(C)C(C(=O)O)S(=O)(=O)Cc1cccnc1C#N. The topological polar surface area (TPSA) is 108 Å². The first kappa shape index (κ1) is 15.1. The maximum atomic E-state index is 12.1. The first-order valence-electron chi connectivity index (χ1n) is 5.58. The molecule has 1 unspecified atom stereocenters. The van der Waals surface area contributed by atoms with E-state index in [0.29, 0.717) is 0 Å². The van der Waals surface area contributed by atoms with E-state index in [2.05, 4.69) is 4.98 Å². The molecule has 0 saturated heterocycles. The molecular weight excluding hydrogens is 268 g/mol.